The van der Waals surface area contributed by atoms with Crippen molar-refractivity contribution in [2.24, 2.45) is 0 Å². The molecule has 0 radical (unpaired) electrons. The van der Waals surface area contributed by atoms with Crippen molar-refractivity contribution in [3.63, 3.8) is 0 Å². The smallest absolute Gasteiger partial charge is 0.257 e. The maximum absolute atomic E-state index is 12.3. The minimum Gasteiger partial charge on any atom is -0.484 e. The zero-order valence-corrected chi connectivity index (χ0v) is 14.9. The molecule has 2 N–H and O–H groups in total. The van der Waals surface area contributed by atoms with E-state index in [1.54, 1.807) is 12.1 Å². The lowest BCUT2D eigenvalue weighted by Crippen LogP contribution is -2.32. The second-order valence-corrected chi connectivity index (χ2v) is 7.78. The fourth-order valence-electron chi connectivity index (χ4n) is 2.65. The Kier molecular flexibility index (Phi) is 7.05. The molecule has 1 amide bonds. The van der Waals surface area contributed by atoms with E-state index in [9.17, 15) is 13.2 Å². The van der Waals surface area contributed by atoms with Crippen molar-refractivity contribution < 1.29 is 17.9 Å². The number of nitrogens with one attached hydrogen (secondary N) is 2. The summed E-state index contributed by atoms with van der Waals surface area (Å²) < 4.78 is 32.7. The maximum Gasteiger partial charge on any atom is 0.257 e. The van der Waals surface area contributed by atoms with Gasteiger partial charge in [0.15, 0.2) is 6.61 Å². The summed E-state index contributed by atoms with van der Waals surface area (Å²) in [6, 6.07) is 6.19. The Morgan fingerprint density at radius 2 is 1.88 bits per heavy atom. The number of hydrogen-bond acceptors (Lipinski definition) is 4. The summed E-state index contributed by atoms with van der Waals surface area (Å²) in [7, 11) is -3.49. The van der Waals surface area contributed by atoms with Crippen LogP contribution < -0.4 is 14.8 Å². The van der Waals surface area contributed by atoms with Crippen LogP contribution in [0, 0.1) is 0 Å². The first-order valence-corrected chi connectivity index (χ1v) is 10.0. The first-order valence-electron chi connectivity index (χ1n) is 8.53. The standard InChI is InChI=1S/C17H26N2O4S/c1-2-3-12-18-17(20)13-23-15-8-10-16(11-9-15)24(21,22)19-14-6-4-5-7-14/h8-11,14,19H,2-7,12-13H2,1H3,(H,18,20). The van der Waals surface area contributed by atoms with Crippen molar-refractivity contribution in [2.45, 2.75) is 56.4 Å². The van der Waals surface area contributed by atoms with Crippen molar-refractivity contribution in [1.82, 2.24) is 10.0 Å². The van der Waals surface area contributed by atoms with Crippen LogP contribution >= 0.6 is 0 Å². The van der Waals surface area contributed by atoms with Gasteiger partial charge in [0.05, 0.1) is 4.90 Å². The number of rotatable bonds is 9. The number of hydrogen-bond donors (Lipinski definition) is 2. The van der Waals surface area contributed by atoms with E-state index in [0.29, 0.717) is 12.3 Å². The number of sulfonamides is 1. The number of amides is 1. The zero-order valence-electron chi connectivity index (χ0n) is 14.1. The van der Waals surface area contributed by atoms with Gasteiger partial charge in [0.2, 0.25) is 10.0 Å². The van der Waals surface area contributed by atoms with Crippen LogP contribution in [0.4, 0.5) is 0 Å². The van der Waals surface area contributed by atoms with Crippen LogP contribution in [-0.2, 0) is 14.8 Å². The van der Waals surface area contributed by atoms with E-state index < -0.39 is 10.0 Å². The lowest BCUT2D eigenvalue weighted by molar-refractivity contribution is -0.123. The van der Waals surface area contributed by atoms with E-state index in [2.05, 4.69) is 17.0 Å². The van der Waals surface area contributed by atoms with E-state index in [1.165, 1.54) is 12.1 Å². The molecule has 1 aromatic rings. The third kappa shape index (κ3) is 5.79. The largest absolute Gasteiger partial charge is 0.484 e. The highest BCUT2D eigenvalue weighted by molar-refractivity contribution is 7.89. The molecule has 134 valence electrons. The normalized spacial score (nSPS) is 15.4. The summed E-state index contributed by atoms with van der Waals surface area (Å²) in [5, 5.41) is 2.76. The summed E-state index contributed by atoms with van der Waals surface area (Å²) in [5.74, 6) is 0.295. The summed E-state index contributed by atoms with van der Waals surface area (Å²) in [5.41, 5.74) is 0. The van der Waals surface area contributed by atoms with Gasteiger partial charge in [-0.2, -0.15) is 0 Å². The van der Waals surface area contributed by atoms with Gasteiger partial charge in [-0.15, -0.1) is 0 Å². The maximum atomic E-state index is 12.3. The molecule has 0 aliphatic heterocycles. The Bertz CT molecular complexity index is 622. The molecule has 24 heavy (non-hydrogen) atoms. The molecule has 0 saturated heterocycles. The predicted molar refractivity (Wildman–Crippen MR) is 92.4 cm³/mol. The third-order valence-electron chi connectivity index (χ3n) is 4.03. The molecule has 0 unspecified atom stereocenters. The van der Waals surface area contributed by atoms with E-state index in [0.717, 1.165) is 38.5 Å². The Labute approximate surface area is 144 Å². The van der Waals surface area contributed by atoms with Crippen LogP contribution in [0.15, 0.2) is 29.2 Å². The Hall–Kier alpha value is -1.60. The highest BCUT2D eigenvalue weighted by Crippen LogP contribution is 2.21. The third-order valence-corrected chi connectivity index (χ3v) is 5.57. The molecule has 0 heterocycles. The number of carbonyl (C=O) groups excluding carboxylic acids is 1. The molecule has 1 saturated carbocycles. The van der Waals surface area contributed by atoms with E-state index >= 15 is 0 Å². The number of ether oxygens (including phenoxy) is 1. The quantitative estimate of drug-likeness (QED) is 0.666. The SMILES string of the molecule is CCCCNC(=O)COc1ccc(S(=O)(=O)NC2CCCC2)cc1. The summed E-state index contributed by atoms with van der Waals surface area (Å²) in [6.45, 7) is 2.62. The molecule has 1 aliphatic rings. The van der Waals surface area contributed by atoms with E-state index in [1.807, 2.05) is 0 Å². The fraction of sp³-hybridized carbons (Fsp3) is 0.588. The second kappa shape index (κ2) is 9.03. The van der Waals surface area contributed by atoms with Gasteiger partial charge in [-0.3, -0.25) is 4.79 Å². The Balaban J connectivity index is 1.84. The minimum atomic E-state index is -3.49. The molecule has 2 rings (SSSR count). The number of benzene rings is 1. The Morgan fingerprint density at radius 1 is 1.21 bits per heavy atom. The summed E-state index contributed by atoms with van der Waals surface area (Å²) in [6.07, 6.45) is 5.89. The van der Waals surface area contributed by atoms with Crippen LogP contribution in [-0.4, -0.2) is 33.5 Å². The van der Waals surface area contributed by atoms with Gasteiger partial charge >= 0.3 is 0 Å². The van der Waals surface area contributed by atoms with Crippen molar-refractivity contribution in [3.05, 3.63) is 24.3 Å². The molecule has 7 heteroatoms. The highest BCUT2D eigenvalue weighted by Gasteiger charge is 2.22. The Morgan fingerprint density at radius 3 is 2.50 bits per heavy atom. The molecule has 0 aromatic heterocycles. The topological polar surface area (TPSA) is 84.5 Å². The van der Waals surface area contributed by atoms with Crippen molar-refractivity contribution in [1.29, 1.82) is 0 Å². The average Bonchev–Trinajstić information content (AvgIpc) is 3.06. The van der Waals surface area contributed by atoms with Crippen LogP contribution in [0.25, 0.3) is 0 Å². The molecule has 6 nitrogen and oxygen atoms in total. The lowest BCUT2D eigenvalue weighted by atomic mass is 10.3. The number of carbonyl (C=O) groups is 1. The zero-order chi connectivity index (χ0) is 17.4. The molecule has 1 aliphatic carbocycles. The molecule has 1 fully saturated rings. The lowest BCUT2D eigenvalue weighted by Gasteiger charge is -2.13. The van der Waals surface area contributed by atoms with Gasteiger partial charge in [0.25, 0.3) is 5.91 Å². The van der Waals surface area contributed by atoms with Gasteiger partial charge in [-0.1, -0.05) is 26.2 Å². The van der Waals surface area contributed by atoms with Gasteiger partial charge in [0.1, 0.15) is 5.75 Å². The monoisotopic (exact) mass is 354 g/mol. The first kappa shape index (κ1) is 18.7. The van der Waals surface area contributed by atoms with E-state index in [-0.39, 0.29) is 23.5 Å². The van der Waals surface area contributed by atoms with Crippen molar-refractivity contribution in [3.8, 4) is 5.75 Å². The summed E-state index contributed by atoms with van der Waals surface area (Å²) >= 11 is 0. The van der Waals surface area contributed by atoms with Gasteiger partial charge in [-0.25, -0.2) is 13.1 Å². The summed E-state index contributed by atoms with van der Waals surface area (Å²) in [4.78, 5) is 11.8. The van der Waals surface area contributed by atoms with E-state index in [4.69, 9.17) is 4.74 Å². The minimum absolute atomic E-state index is 0.0396. The number of unbranched alkanes of at least 4 members (excludes halogenated alkanes) is 1. The molecule has 0 bridgehead atoms. The molecular formula is C17H26N2O4S. The van der Waals surface area contributed by atoms with Crippen molar-refractivity contribution in [2.75, 3.05) is 13.2 Å². The van der Waals surface area contributed by atoms with Crippen LogP contribution in [0.3, 0.4) is 0 Å². The molecule has 0 spiro atoms. The molecule has 1 aromatic carbocycles. The highest BCUT2D eigenvalue weighted by atomic mass is 32.2. The van der Waals surface area contributed by atoms with Gasteiger partial charge < -0.3 is 10.1 Å². The first-order chi connectivity index (χ1) is 11.5. The molecule has 0 atom stereocenters. The molecular weight excluding hydrogens is 328 g/mol. The van der Waals surface area contributed by atoms with Gasteiger partial charge in [-0.05, 0) is 43.5 Å². The average molecular weight is 354 g/mol. The van der Waals surface area contributed by atoms with Crippen LogP contribution in [0.5, 0.6) is 5.75 Å². The fourth-order valence-corrected chi connectivity index (χ4v) is 3.96. The second-order valence-electron chi connectivity index (χ2n) is 6.07. The van der Waals surface area contributed by atoms with Crippen molar-refractivity contribution >= 4 is 15.9 Å². The predicted octanol–water partition coefficient (Wildman–Crippen LogP) is 2.20. The van der Waals surface area contributed by atoms with Crippen LogP contribution in [0.1, 0.15) is 45.4 Å². The van der Waals surface area contributed by atoms with Crippen LogP contribution in [0.2, 0.25) is 0 Å². The van der Waals surface area contributed by atoms with Gasteiger partial charge in [0, 0.05) is 12.6 Å².